The number of amides is 1. The van der Waals surface area contributed by atoms with Crippen LogP contribution in [0.25, 0.3) is 0 Å². The molecule has 2 aliphatic rings. The van der Waals surface area contributed by atoms with Gasteiger partial charge in [-0.2, -0.15) is 0 Å². The molecule has 1 amide bonds. The molecule has 0 aromatic rings. The van der Waals surface area contributed by atoms with Crippen LogP contribution in [-0.2, 0) is 4.79 Å². The summed E-state index contributed by atoms with van der Waals surface area (Å²) in [4.78, 5) is 16.8. The predicted octanol–water partition coefficient (Wildman–Crippen LogP) is 2.06. The molecule has 1 heterocycles. The normalized spacial score (nSPS) is 24.8. The molecule has 2 N–H and O–H groups in total. The van der Waals surface area contributed by atoms with Crippen LogP contribution < -0.4 is 10.6 Å². The van der Waals surface area contributed by atoms with Gasteiger partial charge in [-0.25, -0.2) is 4.99 Å². The number of hydrogen-bond acceptors (Lipinski definition) is 2. The van der Waals surface area contributed by atoms with Crippen LogP contribution >= 0.6 is 0 Å². The zero-order chi connectivity index (χ0) is 13.3. The van der Waals surface area contributed by atoms with E-state index in [1.54, 1.807) is 0 Å². The summed E-state index contributed by atoms with van der Waals surface area (Å²) in [5.74, 6) is 1.78. The van der Waals surface area contributed by atoms with Gasteiger partial charge in [-0.15, -0.1) is 0 Å². The summed E-state index contributed by atoms with van der Waals surface area (Å²) in [6, 6.07) is 0.432. The Balaban J connectivity index is 2.14. The third kappa shape index (κ3) is 3.03. The third-order valence-corrected chi connectivity index (χ3v) is 3.40. The maximum atomic E-state index is 12.3. The monoisotopic (exact) mass is 251 g/mol. The van der Waals surface area contributed by atoms with Gasteiger partial charge in [0.2, 0.25) is 0 Å². The van der Waals surface area contributed by atoms with Gasteiger partial charge in [-0.3, -0.25) is 10.1 Å². The number of aliphatic imine (C=N–C) groups is 1. The molecule has 0 aromatic carbocycles. The molecular formula is C14H25N3O. The second-order valence-electron chi connectivity index (χ2n) is 6.57. The Morgan fingerprint density at radius 1 is 1.22 bits per heavy atom. The van der Waals surface area contributed by atoms with Crippen molar-refractivity contribution in [1.82, 2.24) is 10.6 Å². The number of hydrogen-bond donors (Lipinski definition) is 2. The number of carbonyl (C=O) groups excluding carboxylic acids is 1. The number of carbonyl (C=O) groups is 1. The quantitative estimate of drug-likeness (QED) is 0.786. The molecular weight excluding hydrogens is 226 g/mol. The van der Waals surface area contributed by atoms with E-state index in [0.29, 0.717) is 23.8 Å². The minimum absolute atomic E-state index is 0.101. The van der Waals surface area contributed by atoms with Gasteiger partial charge in [0.25, 0.3) is 5.91 Å². The first kappa shape index (κ1) is 13.4. The topological polar surface area (TPSA) is 53.5 Å². The van der Waals surface area contributed by atoms with Crippen molar-refractivity contribution >= 4 is 11.9 Å². The van der Waals surface area contributed by atoms with Crippen molar-refractivity contribution in [3.05, 3.63) is 0 Å². The molecule has 0 bridgehead atoms. The molecule has 18 heavy (non-hydrogen) atoms. The zero-order valence-electron chi connectivity index (χ0n) is 11.9. The lowest BCUT2D eigenvalue weighted by atomic mass is 9.82. The van der Waals surface area contributed by atoms with Gasteiger partial charge in [-0.1, -0.05) is 27.7 Å². The fraction of sp³-hybridized carbons (Fsp3) is 0.857. The summed E-state index contributed by atoms with van der Waals surface area (Å²) in [5.41, 5.74) is -0.448. The second-order valence-corrected chi connectivity index (χ2v) is 6.57. The van der Waals surface area contributed by atoms with Crippen LogP contribution in [0.5, 0.6) is 0 Å². The minimum Gasteiger partial charge on any atom is -0.342 e. The highest BCUT2D eigenvalue weighted by atomic mass is 16.2. The van der Waals surface area contributed by atoms with E-state index < -0.39 is 5.54 Å². The van der Waals surface area contributed by atoms with E-state index in [9.17, 15) is 4.79 Å². The van der Waals surface area contributed by atoms with Gasteiger partial charge in [0.05, 0.1) is 6.04 Å². The van der Waals surface area contributed by atoms with Crippen LogP contribution in [0.2, 0.25) is 0 Å². The molecule has 0 spiro atoms. The van der Waals surface area contributed by atoms with E-state index in [1.807, 2.05) is 0 Å². The summed E-state index contributed by atoms with van der Waals surface area (Å²) in [5, 5.41) is 6.30. The summed E-state index contributed by atoms with van der Waals surface area (Å²) in [6.07, 6.45) is 4.03. The Kier molecular flexibility index (Phi) is 3.64. The van der Waals surface area contributed by atoms with Crippen molar-refractivity contribution in [1.29, 1.82) is 0 Å². The van der Waals surface area contributed by atoms with E-state index in [2.05, 4.69) is 43.3 Å². The fourth-order valence-corrected chi connectivity index (χ4v) is 2.76. The Labute approximate surface area is 110 Å². The molecule has 0 unspecified atom stereocenters. The SMILES string of the molecule is CC(C)CC1(CC(C)C)NC(=NC2CC2)NC1=O. The molecule has 1 aliphatic carbocycles. The molecule has 2 rings (SSSR count). The van der Waals surface area contributed by atoms with Gasteiger partial charge < -0.3 is 5.32 Å². The molecule has 4 heteroatoms. The molecule has 1 saturated heterocycles. The molecule has 0 atom stereocenters. The third-order valence-electron chi connectivity index (χ3n) is 3.40. The molecule has 102 valence electrons. The first-order valence-electron chi connectivity index (χ1n) is 7.09. The Bertz CT molecular complexity index is 346. The van der Waals surface area contributed by atoms with Gasteiger partial charge >= 0.3 is 0 Å². The molecule has 0 radical (unpaired) electrons. The van der Waals surface area contributed by atoms with Crippen LogP contribution in [0, 0.1) is 11.8 Å². The smallest absolute Gasteiger partial charge is 0.252 e. The fourth-order valence-electron chi connectivity index (χ4n) is 2.76. The lowest BCUT2D eigenvalue weighted by Crippen LogP contribution is -2.49. The van der Waals surface area contributed by atoms with Crippen molar-refractivity contribution in [3.63, 3.8) is 0 Å². The van der Waals surface area contributed by atoms with E-state index in [-0.39, 0.29) is 5.91 Å². The number of nitrogens with zero attached hydrogens (tertiary/aromatic N) is 1. The minimum atomic E-state index is -0.448. The van der Waals surface area contributed by atoms with Crippen molar-refractivity contribution in [2.24, 2.45) is 16.8 Å². The van der Waals surface area contributed by atoms with Crippen molar-refractivity contribution < 1.29 is 4.79 Å². The average Bonchev–Trinajstić information content (AvgIpc) is 2.93. The Hall–Kier alpha value is -1.06. The lowest BCUT2D eigenvalue weighted by molar-refractivity contribution is -0.125. The molecule has 2 fully saturated rings. The van der Waals surface area contributed by atoms with Crippen LogP contribution in [0.1, 0.15) is 53.4 Å². The largest absolute Gasteiger partial charge is 0.342 e. The summed E-state index contributed by atoms with van der Waals surface area (Å²) >= 11 is 0. The maximum Gasteiger partial charge on any atom is 0.252 e. The molecule has 0 aromatic heterocycles. The Morgan fingerprint density at radius 2 is 1.78 bits per heavy atom. The van der Waals surface area contributed by atoms with E-state index >= 15 is 0 Å². The lowest BCUT2D eigenvalue weighted by Gasteiger charge is -2.30. The van der Waals surface area contributed by atoms with Crippen LogP contribution in [0.4, 0.5) is 0 Å². The summed E-state index contributed by atoms with van der Waals surface area (Å²) in [6.45, 7) is 8.64. The van der Waals surface area contributed by atoms with E-state index in [4.69, 9.17) is 0 Å². The number of guanidine groups is 1. The molecule has 4 nitrogen and oxygen atoms in total. The average molecular weight is 251 g/mol. The second kappa shape index (κ2) is 4.90. The predicted molar refractivity (Wildman–Crippen MR) is 73.4 cm³/mol. The maximum absolute atomic E-state index is 12.3. The molecule has 1 saturated carbocycles. The highest BCUT2D eigenvalue weighted by Crippen LogP contribution is 2.29. The number of nitrogens with one attached hydrogen (secondary N) is 2. The van der Waals surface area contributed by atoms with Crippen LogP contribution in [0.3, 0.4) is 0 Å². The Morgan fingerprint density at radius 3 is 2.22 bits per heavy atom. The van der Waals surface area contributed by atoms with Crippen molar-refractivity contribution in [3.8, 4) is 0 Å². The summed E-state index contributed by atoms with van der Waals surface area (Å²) < 4.78 is 0. The van der Waals surface area contributed by atoms with Gasteiger partial charge in [0, 0.05) is 0 Å². The van der Waals surface area contributed by atoms with Crippen LogP contribution in [-0.4, -0.2) is 23.4 Å². The van der Waals surface area contributed by atoms with Crippen LogP contribution in [0.15, 0.2) is 4.99 Å². The first-order chi connectivity index (χ1) is 8.41. The van der Waals surface area contributed by atoms with Gasteiger partial charge in [-0.05, 0) is 37.5 Å². The zero-order valence-corrected chi connectivity index (χ0v) is 11.9. The number of rotatable bonds is 5. The van der Waals surface area contributed by atoms with Gasteiger partial charge in [0.15, 0.2) is 5.96 Å². The van der Waals surface area contributed by atoms with Crippen molar-refractivity contribution in [2.45, 2.75) is 65.0 Å². The summed E-state index contributed by atoms with van der Waals surface area (Å²) in [7, 11) is 0. The highest BCUT2D eigenvalue weighted by molar-refractivity contribution is 6.09. The van der Waals surface area contributed by atoms with E-state index in [0.717, 1.165) is 25.7 Å². The highest BCUT2D eigenvalue weighted by Gasteiger charge is 2.45. The molecule has 1 aliphatic heterocycles. The first-order valence-corrected chi connectivity index (χ1v) is 7.09. The van der Waals surface area contributed by atoms with E-state index in [1.165, 1.54) is 0 Å². The van der Waals surface area contributed by atoms with Gasteiger partial charge in [0.1, 0.15) is 5.54 Å². The van der Waals surface area contributed by atoms with Crippen molar-refractivity contribution in [2.75, 3.05) is 0 Å². The standard InChI is InChI=1S/C14H25N3O/c1-9(2)7-14(8-10(3)4)12(18)16-13(17-14)15-11-5-6-11/h9-11H,5-8H2,1-4H3,(H2,15,16,17,18).